The SMILES string of the molecule is CCCCC(=O)N1CCC(NC(=O)CCCN2C(=O)c3ccc([N+](=O)[O-])cc3C2=O)CC1. The maximum atomic E-state index is 12.5. The fraction of sp³-hybridized carbons (Fsp3) is 0.545. The van der Waals surface area contributed by atoms with Gasteiger partial charge in [-0.3, -0.25) is 34.2 Å². The highest BCUT2D eigenvalue weighted by Gasteiger charge is 2.36. The van der Waals surface area contributed by atoms with E-state index in [-0.39, 0.29) is 47.6 Å². The third kappa shape index (κ3) is 5.30. The monoisotopic (exact) mass is 444 g/mol. The van der Waals surface area contributed by atoms with Gasteiger partial charge in [0.2, 0.25) is 11.8 Å². The van der Waals surface area contributed by atoms with Crippen molar-refractivity contribution in [3.05, 3.63) is 39.4 Å². The number of nitrogens with zero attached hydrogens (tertiary/aromatic N) is 3. The maximum Gasteiger partial charge on any atom is 0.270 e. The van der Waals surface area contributed by atoms with Crippen molar-refractivity contribution in [1.29, 1.82) is 0 Å². The van der Waals surface area contributed by atoms with E-state index in [1.54, 1.807) is 0 Å². The highest BCUT2D eigenvalue weighted by Crippen LogP contribution is 2.27. The molecule has 2 aliphatic rings. The lowest BCUT2D eigenvalue weighted by atomic mass is 10.0. The molecule has 0 unspecified atom stereocenters. The molecule has 1 aromatic rings. The Bertz CT molecular complexity index is 923. The second-order valence-corrected chi connectivity index (χ2v) is 8.18. The van der Waals surface area contributed by atoms with E-state index in [0.717, 1.165) is 23.8 Å². The Balaban J connectivity index is 1.42. The Morgan fingerprint density at radius 1 is 1.09 bits per heavy atom. The van der Waals surface area contributed by atoms with Gasteiger partial charge >= 0.3 is 0 Å². The van der Waals surface area contributed by atoms with Gasteiger partial charge in [-0.05, 0) is 31.7 Å². The topological polar surface area (TPSA) is 130 Å². The zero-order chi connectivity index (χ0) is 23.3. The molecular formula is C22H28N4O6. The van der Waals surface area contributed by atoms with Crippen LogP contribution < -0.4 is 5.32 Å². The predicted molar refractivity (Wildman–Crippen MR) is 115 cm³/mol. The number of carbonyl (C=O) groups excluding carboxylic acids is 4. The fourth-order valence-corrected chi connectivity index (χ4v) is 4.05. The van der Waals surface area contributed by atoms with Gasteiger partial charge in [0.05, 0.1) is 16.1 Å². The number of hydrogen-bond donors (Lipinski definition) is 1. The number of fused-ring (bicyclic) bond motifs is 1. The molecule has 3 rings (SSSR count). The van der Waals surface area contributed by atoms with E-state index < -0.39 is 16.7 Å². The minimum atomic E-state index is -0.614. The van der Waals surface area contributed by atoms with Gasteiger partial charge in [0, 0.05) is 50.7 Å². The quantitative estimate of drug-likeness (QED) is 0.353. The summed E-state index contributed by atoms with van der Waals surface area (Å²) in [5.41, 5.74) is -0.0802. The van der Waals surface area contributed by atoms with E-state index in [1.807, 2.05) is 4.90 Å². The number of imide groups is 1. The fourth-order valence-electron chi connectivity index (χ4n) is 4.05. The molecule has 4 amide bonds. The molecule has 1 aromatic carbocycles. The Labute approximate surface area is 186 Å². The van der Waals surface area contributed by atoms with Crippen LogP contribution in [-0.2, 0) is 9.59 Å². The molecule has 0 aromatic heterocycles. The van der Waals surface area contributed by atoms with Crippen LogP contribution in [0.4, 0.5) is 5.69 Å². The number of hydrogen-bond acceptors (Lipinski definition) is 6. The van der Waals surface area contributed by atoms with Crippen LogP contribution in [0.3, 0.4) is 0 Å². The molecule has 10 heteroatoms. The van der Waals surface area contributed by atoms with Gasteiger partial charge in [-0.1, -0.05) is 13.3 Å². The summed E-state index contributed by atoms with van der Waals surface area (Å²) in [4.78, 5) is 62.5. The molecular weight excluding hydrogens is 416 g/mol. The average molecular weight is 444 g/mol. The number of piperidine rings is 1. The number of nitro benzene ring substituents is 1. The summed E-state index contributed by atoms with van der Waals surface area (Å²) in [7, 11) is 0. The van der Waals surface area contributed by atoms with Crippen molar-refractivity contribution >= 4 is 29.3 Å². The van der Waals surface area contributed by atoms with E-state index in [1.165, 1.54) is 12.1 Å². The summed E-state index contributed by atoms with van der Waals surface area (Å²) in [6.45, 7) is 3.39. The normalized spacial score (nSPS) is 16.3. The van der Waals surface area contributed by atoms with Crippen LogP contribution >= 0.6 is 0 Å². The molecule has 2 aliphatic heterocycles. The van der Waals surface area contributed by atoms with Crippen LogP contribution in [0.25, 0.3) is 0 Å². The van der Waals surface area contributed by atoms with Crippen molar-refractivity contribution in [1.82, 2.24) is 15.1 Å². The van der Waals surface area contributed by atoms with Crippen molar-refractivity contribution in [2.75, 3.05) is 19.6 Å². The first-order chi connectivity index (χ1) is 15.3. The molecule has 0 radical (unpaired) electrons. The van der Waals surface area contributed by atoms with Crippen molar-refractivity contribution in [2.24, 2.45) is 0 Å². The third-order valence-electron chi connectivity index (χ3n) is 5.91. The second kappa shape index (κ2) is 10.3. The molecule has 1 fully saturated rings. The first-order valence-electron chi connectivity index (χ1n) is 11.0. The highest BCUT2D eigenvalue weighted by molar-refractivity contribution is 6.21. The Hall–Kier alpha value is -3.30. The van der Waals surface area contributed by atoms with Gasteiger partial charge in [-0.15, -0.1) is 0 Å². The molecule has 172 valence electrons. The van der Waals surface area contributed by atoms with Crippen molar-refractivity contribution in [3.8, 4) is 0 Å². The van der Waals surface area contributed by atoms with Gasteiger partial charge in [0.25, 0.3) is 17.5 Å². The number of likely N-dealkylation sites (tertiary alicyclic amines) is 1. The summed E-state index contributed by atoms with van der Waals surface area (Å²) in [5.74, 6) is -1.06. The number of amides is 4. The van der Waals surface area contributed by atoms with Gasteiger partial charge in [0.15, 0.2) is 0 Å². The second-order valence-electron chi connectivity index (χ2n) is 8.18. The van der Waals surface area contributed by atoms with Crippen LogP contribution in [0, 0.1) is 10.1 Å². The van der Waals surface area contributed by atoms with Gasteiger partial charge in [-0.2, -0.15) is 0 Å². The first-order valence-corrected chi connectivity index (χ1v) is 11.0. The first kappa shape index (κ1) is 23.4. The molecule has 1 N–H and O–H groups in total. The van der Waals surface area contributed by atoms with Crippen LogP contribution in [0.1, 0.15) is 72.6 Å². The summed E-state index contributed by atoms with van der Waals surface area (Å²) >= 11 is 0. The van der Waals surface area contributed by atoms with Crippen LogP contribution in [-0.4, -0.2) is 64.0 Å². The third-order valence-corrected chi connectivity index (χ3v) is 5.91. The standard InChI is InChI=1S/C22H28N4O6/c1-2-3-6-20(28)24-12-9-15(10-13-24)23-19(27)5-4-11-25-21(29)17-8-7-16(26(31)32)14-18(17)22(25)30/h7-8,14-15H,2-6,9-13H2,1H3,(H,23,27). The van der Waals surface area contributed by atoms with Crippen molar-refractivity contribution < 1.29 is 24.1 Å². The summed E-state index contributed by atoms with van der Waals surface area (Å²) in [5, 5.41) is 13.9. The lowest BCUT2D eigenvalue weighted by molar-refractivity contribution is -0.384. The molecule has 1 saturated heterocycles. The molecule has 32 heavy (non-hydrogen) atoms. The van der Waals surface area contributed by atoms with Crippen LogP contribution in [0.2, 0.25) is 0 Å². The predicted octanol–water partition coefficient (Wildman–Crippen LogP) is 2.27. The molecule has 0 atom stereocenters. The summed E-state index contributed by atoms with van der Waals surface area (Å²) < 4.78 is 0. The minimum Gasteiger partial charge on any atom is -0.353 e. The van der Waals surface area contributed by atoms with E-state index in [4.69, 9.17) is 0 Å². The zero-order valence-corrected chi connectivity index (χ0v) is 18.2. The van der Waals surface area contributed by atoms with E-state index in [9.17, 15) is 29.3 Å². The molecule has 0 aliphatic carbocycles. The molecule has 0 saturated carbocycles. The number of benzene rings is 1. The minimum absolute atomic E-state index is 0.0116. The largest absolute Gasteiger partial charge is 0.353 e. The number of unbranched alkanes of at least 4 members (excludes halogenated alkanes) is 1. The number of rotatable bonds is 9. The Morgan fingerprint density at radius 3 is 2.44 bits per heavy atom. The molecule has 2 heterocycles. The van der Waals surface area contributed by atoms with Gasteiger partial charge in [-0.25, -0.2) is 0 Å². The van der Waals surface area contributed by atoms with E-state index in [0.29, 0.717) is 38.8 Å². The average Bonchev–Trinajstić information content (AvgIpc) is 3.02. The number of carbonyl (C=O) groups is 4. The molecule has 10 nitrogen and oxygen atoms in total. The smallest absolute Gasteiger partial charge is 0.270 e. The number of nitrogens with one attached hydrogen (secondary N) is 1. The molecule has 0 spiro atoms. The zero-order valence-electron chi connectivity index (χ0n) is 18.2. The Morgan fingerprint density at radius 2 is 1.78 bits per heavy atom. The summed E-state index contributed by atoms with van der Waals surface area (Å²) in [6.07, 6.45) is 4.32. The lowest BCUT2D eigenvalue weighted by Gasteiger charge is -2.32. The van der Waals surface area contributed by atoms with Crippen molar-refractivity contribution in [2.45, 2.75) is 57.9 Å². The maximum absolute atomic E-state index is 12.5. The molecule has 0 bridgehead atoms. The van der Waals surface area contributed by atoms with Crippen molar-refractivity contribution in [3.63, 3.8) is 0 Å². The number of nitro groups is 1. The van der Waals surface area contributed by atoms with Gasteiger partial charge < -0.3 is 10.2 Å². The lowest BCUT2D eigenvalue weighted by Crippen LogP contribution is -2.46. The van der Waals surface area contributed by atoms with Crippen LogP contribution in [0.15, 0.2) is 18.2 Å². The van der Waals surface area contributed by atoms with Crippen LogP contribution in [0.5, 0.6) is 0 Å². The number of non-ortho nitro benzene ring substituents is 1. The van der Waals surface area contributed by atoms with E-state index in [2.05, 4.69) is 12.2 Å². The van der Waals surface area contributed by atoms with Gasteiger partial charge in [0.1, 0.15) is 0 Å². The highest BCUT2D eigenvalue weighted by atomic mass is 16.6. The summed E-state index contributed by atoms with van der Waals surface area (Å²) in [6, 6.07) is 3.61. The Kier molecular flexibility index (Phi) is 7.55. The van der Waals surface area contributed by atoms with E-state index >= 15 is 0 Å².